The van der Waals surface area contributed by atoms with Crippen molar-refractivity contribution in [2.45, 2.75) is 52.6 Å². The summed E-state index contributed by atoms with van der Waals surface area (Å²) in [7, 11) is 0. The molecule has 0 unspecified atom stereocenters. The number of hydrogen-bond donors (Lipinski definition) is 1. The number of carbonyl (C=O) groups excluding carboxylic acids is 1. The van der Waals surface area contributed by atoms with Crippen molar-refractivity contribution in [3.8, 4) is 0 Å². The highest BCUT2D eigenvalue weighted by molar-refractivity contribution is 5.81. The summed E-state index contributed by atoms with van der Waals surface area (Å²) in [5, 5.41) is 3.07. The van der Waals surface area contributed by atoms with Crippen molar-refractivity contribution in [2.75, 3.05) is 13.1 Å². The summed E-state index contributed by atoms with van der Waals surface area (Å²) in [6.45, 7) is 8.81. The van der Waals surface area contributed by atoms with Crippen molar-refractivity contribution in [3.63, 3.8) is 0 Å². The highest BCUT2D eigenvalue weighted by atomic mass is 16.2. The number of aryl methyl sites for hydroxylation is 2. The molecule has 0 bridgehead atoms. The molecule has 1 fully saturated rings. The van der Waals surface area contributed by atoms with Gasteiger partial charge in [0.2, 0.25) is 5.91 Å². The average molecular weight is 275 g/mol. The quantitative estimate of drug-likeness (QED) is 0.896. The predicted molar refractivity (Wildman–Crippen MR) is 80.4 cm³/mol. The molecular weight excluding hydrogens is 250 g/mol. The van der Waals surface area contributed by atoms with Gasteiger partial charge < -0.3 is 5.32 Å². The fourth-order valence-corrected chi connectivity index (χ4v) is 2.87. The molecule has 0 aromatic carbocycles. The van der Waals surface area contributed by atoms with E-state index in [1.807, 2.05) is 13.1 Å². The molecule has 1 aliphatic rings. The third-order valence-electron chi connectivity index (χ3n) is 4.08. The minimum absolute atomic E-state index is 0.0243. The molecule has 2 heterocycles. The first kappa shape index (κ1) is 15.0. The van der Waals surface area contributed by atoms with E-state index in [4.69, 9.17) is 0 Å². The van der Waals surface area contributed by atoms with Crippen LogP contribution in [-0.4, -0.2) is 34.9 Å². The summed E-state index contributed by atoms with van der Waals surface area (Å²) < 4.78 is 0. The van der Waals surface area contributed by atoms with E-state index in [0.29, 0.717) is 6.54 Å². The number of nitrogens with zero attached hydrogens (tertiary/aromatic N) is 2. The Balaban J connectivity index is 1.93. The summed E-state index contributed by atoms with van der Waals surface area (Å²) in [4.78, 5) is 18.9. The van der Waals surface area contributed by atoms with Crippen LogP contribution in [0.25, 0.3) is 0 Å². The fourth-order valence-electron chi connectivity index (χ4n) is 2.87. The lowest BCUT2D eigenvalue weighted by atomic mass is 10.1. The number of nitrogens with one attached hydrogen (secondary N) is 1. The summed E-state index contributed by atoms with van der Waals surface area (Å²) in [6, 6.07) is 2.08. The molecule has 1 N–H and O–H groups in total. The van der Waals surface area contributed by atoms with Gasteiger partial charge in [-0.3, -0.25) is 14.7 Å². The maximum atomic E-state index is 12.3. The maximum absolute atomic E-state index is 12.3. The van der Waals surface area contributed by atoms with Gasteiger partial charge in [0.1, 0.15) is 0 Å². The van der Waals surface area contributed by atoms with Gasteiger partial charge in [0.05, 0.1) is 6.04 Å². The number of carbonyl (C=O) groups is 1. The molecule has 0 radical (unpaired) electrons. The van der Waals surface area contributed by atoms with Crippen molar-refractivity contribution in [1.82, 2.24) is 15.2 Å². The molecule has 4 nitrogen and oxygen atoms in total. The van der Waals surface area contributed by atoms with Gasteiger partial charge >= 0.3 is 0 Å². The lowest BCUT2D eigenvalue weighted by Crippen LogP contribution is -2.45. The van der Waals surface area contributed by atoms with Crippen molar-refractivity contribution in [1.29, 1.82) is 0 Å². The van der Waals surface area contributed by atoms with Crippen LogP contribution >= 0.6 is 0 Å². The van der Waals surface area contributed by atoms with Crippen LogP contribution in [0.4, 0.5) is 0 Å². The molecule has 1 aromatic heterocycles. The molecule has 0 spiro atoms. The summed E-state index contributed by atoms with van der Waals surface area (Å²) in [5.41, 5.74) is 3.30. The second-order valence-electron chi connectivity index (χ2n) is 5.64. The van der Waals surface area contributed by atoms with E-state index in [0.717, 1.165) is 30.8 Å². The highest BCUT2D eigenvalue weighted by Crippen LogP contribution is 2.14. The van der Waals surface area contributed by atoms with Gasteiger partial charge in [-0.1, -0.05) is 6.92 Å². The first-order valence-corrected chi connectivity index (χ1v) is 7.55. The second-order valence-corrected chi connectivity index (χ2v) is 5.64. The molecule has 1 amide bonds. The monoisotopic (exact) mass is 275 g/mol. The molecule has 20 heavy (non-hydrogen) atoms. The van der Waals surface area contributed by atoms with E-state index in [2.05, 4.69) is 35.1 Å². The van der Waals surface area contributed by atoms with E-state index in [1.54, 1.807) is 0 Å². The van der Waals surface area contributed by atoms with E-state index < -0.39 is 0 Å². The number of aromatic nitrogens is 1. The molecule has 110 valence electrons. The number of rotatable bonds is 5. The van der Waals surface area contributed by atoms with Gasteiger partial charge in [0.15, 0.2) is 0 Å². The average Bonchev–Trinajstić information content (AvgIpc) is 2.92. The van der Waals surface area contributed by atoms with Crippen LogP contribution in [0.5, 0.6) is 0 Å². The molecule has 4 heteroatoms. The first-order chi connectivity index (χ1) is 9.61. The van der Waals surface area contributed by atoms with E-state index >= 15 is 0 Å². The van der Waals surface area contributed by atoms with Crippen LogP contribution in [0, 0.1) is 13.8 Å². The van der Waals surface area contributed by atoms with Crippen LogP contribution in [0.15, 0.2) is 12.3 Å². The number of hydrogen-bond acceptors (Lipinski definition) is 3. The third kappa shape index (κ3) is 3.57. The normalized spacial score (nSPS) is 17.1. The zero-order valence-corrected chi connectivity index (χ0v) is 12.8. The molecule has 1 saturated heterocycles. The molecule has 0 saturated carbocycles. The minimum Gasteiger partial charge on any atom is -0.351 e. The number of likely N-dealkylation sites (tertiary alicyclic amines) is 1. The standard InChI is InChI=1S/C16H25N3O/c1-4-15(19-7-5-6-8-19)16(20)18-11-14-10-17-13(3)9-12(14)2/h9-10,15H,4-8,11H2,1-3H3,(H,18,20)/t15-/m1/s1. The van der Waals surface area contributed by atoms with Crippen molar-refractivity contribution >= 4 is 5.91 Å². The largest absolute Gasteiger partial charge is 0.351 e. The fraction of sp³-hybridized carbons (Fsp3) is 0.625. The smallest absolute Gasteiger partial charge is 0.237 e. The first-order valence-electron chi connectivity index (χ1n) is 7.55. The Morgan fingerprint density at radius 2 is 2.10 bits per heavy atom. The van der Waals surface area contributed by atoms with Crippen LogP contribution in [0.1, 0.15) is 43.0 Å². The van der Waals surface area contributed by atoms with Crippen molar-refractivity contribution in [3.05, 3.63) is 29.1 Å². The van der Waals surface area contributed by atoms with Crippen LogP contribution in [-0.2, 0) is 11.3 Å². The Hall–Kier alpha value is -1.42. The Morgan fingerprint density at radius 1 is 1.40 bits per heavy atom. The van der Waals surface area contributed by atoms with E-state index in [-0.39, 0.29) is 11.9 Å². The minimum atomic E-state index is 0.0243. The van der Waals surface area contributed by atoms with Gasteiger partial charge in [-0.05, 0) is 63.4 Å². The lowest BCUT2D eigenvalue weighted by molar-refractivity contribution is -0.126. The Morgan fingerprint density at radius 3 is 2.70 bits per heavy atom. The molecule has 1 aromatic rings. The summed E-state index contributed by atoms with van der Waals surface area (Å²) in [6.07, 6.45) is 5.16. The predicted octanol–water partition coefficient (Wildman–Crippen LogP) is 2.19. The van der Waals surface area contributed by atoms with E-state index in [9.17, 15) is 4.79 Å². The van der Waals surface area contributed by atoms with Crippen molar-refractivity contribution < 1.29 is 4.79 Å². The molecule has 1 aliphatic heterocycles. The maximum Gasteiger partial charge on any atom is 0.237 e. The number of amides is 1. The Kier molecular flexibility index (Phi) is 5.12. The van der Waals surface area contributed by atoms with Gasteiger partial charge in [-0.2, -0.15) is 0 Å². The van der Waals surface area contributed by atoms with Gasteiger partial charge in [-0.15, -0.1) is 0 Å². The molecule has 1 atom stereocenters. The zero-order chi connectivity index (χ0) is 14.5. The van der Waals surface area contributed by atoms with Gasteiger partial charge in [0, 0.05) is 18.4 Å². The van der Waals surface area contributed by atoms with Crippen molar-refractivity contribution in [2.24, 2.45) is 0 Å². The number of pyridine rings is 1. The Bertz CT molecular complexity index is 467. The van der Waals surface area contributed by atoms with Crippen LogP contribution in [0.2, 0.25) is 0 Å². The third-order valence-corrected chi connectivity index (χ3v) is 4.08. The highest BCUT2D eigenvalue weighted by Gasteiger charge is 2.26. The zero-order valence-electron chi connectivity index (χ0n) is 12.8. The van der Waals surface area contributed by atoms with Gasteiger partial charge in [0.25, 0.3) is 0 Å². The van der Waals surface area contributed by atoms with Gasteiger partial charge in [-0.25, -0.2) is 0 Å². The van der Waals surface area contributed by atoms with E-state index in [1.165, 1.54) is 18.4 Å². The molecular formula is C16H25N3O. The molecule has 0 aliphatic carbocycles. The van der Waals surface area contributed by atoms with Crippen LogP contribution in [0.3, 0.4) is 0 Å². The summed E-state index contributed by atoms with van der Waals surface area (Å²) in [5.74, 6) is 0.148. The second kappa shape index (κ2) is 6.84. The Labute approximate surface area is 121 Å². The SMILES string of the molecule is CC[C@H](C(=O)NCc1cnc(C)cc1C)N1CCCC1. The topological polar surface area (TPSA) is 45.2 Å². The lowest BCUT2D eigenvalue weighted by Gasteiger charge is -2.25. The van der Waals surface area contributed by atoms with Crippen LogP contribution < -0.4 is 5.32 Å². The summed E-state index contributed by atoms with van der Waals surface area (Å²) >= 11 is 0. The molecule has 2 rings (SSSR count).